The molecule has 2 rings (SSSR count). The number of rotatable bonds is 3. The number of halogens is 1. The Hall–Kier alpha value is -1.27. The first-order valence-corrected chi connectivity index (χ1v) is 5.89. The monoisotopic (exact) mass is 299 g/mol. The number of aromatic nitrogens is 1. The van der Waals surface area contributed by atoms with Crippen LogP contribution in [0.4, 0.5) is 0 Å². The van der Waals surface area contributed by atoms with Crippen molar-refractivity contribution in [1.29, 1.82) is 0 Å². The Morgan fingerprint density at radius 2 is 2.19 bits per heavy atom. The minimum atomic E-state index is -1.09. The van der Waals surface area contributed by atoms with E-state index < -0.39 is 5.97 Å². The lowest BCUT2D eigenvalue weighted by atomic mass is 10.4. The van der Waals surface area contributed by atoms with Crippen molar-refractivity contribution in [2.75, 3.05) is 0 Å². The van der Waals surface area contributed by atoms with Crippen molar-refractivity contribution in [3.63, 3.8) is 0 Å². The van der Waals surface area contributed by atoms with Crippen molar-refractivity contribution in [3.05, 3.63) is 40.7 Å². The summed E-state index contributed by atoms with van der Waals surface area (Å²) in [5, 5.41) is 8.99. The lowest BCUT2D eigenvalue weighted by molar-refractivity contribution is 0.0690. The molecule has 0 spiro atoms. The minimum Gasteiger partial charge on any atom is -0.476 e. The van der Waals surface area contributed by atoms with Crippen LogP contribution in [0, 0.1) is 0 Å². The largest absolute Gasteiger partial charge is 0.476 e. The van der Waals surface area contributed by atoms with Gasteiger partial charge in [-0.15, -0.1) is 0 Å². The zero-order valence-corrected chi connectivity index (χ0v) is 10.3. The van der Waals surface area contributed by atoms with E-state index >= 15 is 0 Å². The summed E-state index contributed by atoms with van der Waals surface area (Å²) in [7, 11) is 0. The molecule has 1 N–H and O–H groups in total. The molecule has 0 atom stereocenters. The van der Waals surface area contributed by atoms with E-state index in [1.165, 1.54) is 11.8 Å². The second-order valence-corrected chi connectivity index (χ2v) is 4.68. The number of hydrogen-bond acceptors (Lipinski definition) is 4. The van der Waals surface area contributed by atoms with Gasteiger partial charge in [0.25, 0.3) is 5.22 Å². The van der Waals surface area contributed by atoms with E-state index in [0.717, 1.165) is 15.6 Å². The second-order valence-electron chi connectivity index (χ2n) is 2.84. The van der Waals surface area contributed by atoms with Crippen LogP contribution in [0.15, 0.2) is 49.5 Å². The fraction of sp³-hybridized carbons (Fsp3) is 0. The number of aromatic carboxylic acids is 1. The summed E-state index contributed by atoms with van der Waals surface area (Å²) in [6.45, 7) is 0. The number of carbonyl (C=O) groups is 1. The first-order chi connectivity index (χ1) is 7.66. The maximum atomic E-state index is 10.6. The van der Waals surface area contributed by atoms with Gasteiger partial charge in [0.1, 0.15) is 6.26 Å². The molecule has 0 aliphatic carbocycles. The SMILES string of the molecule is O=C(O)c1coc(Sc2ccccc2Br)n1. The van der Waals surface area contributed by atoms with Crippen LogP contribution in [0.3, 0.4) is 0 Å². The lowest BCUT2D eigenvalue weighted by Crippen LogP contribution is -1.95. The highest BCUT2D eigenvalue weighted by Crippen LogP contribution is 2.32. The van der Waals surface area contributed by atoms with E-state index in [4.69, 9.17) is 9.52 Å². The zero-order chi connectivity index (χ0) is 11.5. The maximum Gasteiger partial charge on any atom is 0.357 e. The van der Waals surface area contributed by atoms with Crippen molar-refractivity contribution < 1.29 is 14.3 Å². The van der Waals surface area contributed by atoms with Gasteiger partial charge in [-0.3, -0.25) is 0 Å². The molecule has 0 aliphatic rings. The third-order valence-corrected chi connectivity index (χ3v) is 3.63. The quantitative estimate of drug-likeness (QED) is 0.942. The molecule has 0 bridgehead atoms. The van der Waals surface area contributed by atoms with Crippen LogP contribution in [-0.2, 0) is 0 Å². The molecule has 4 nitrogen and oxygen atoms in total. The van der Waals surface area contributed by atoms with Crippen LogP contribution in [0.1, 0.15) is 10.5 Å². The van der Waals surface area contributed by atoms with Gasteiger partial charge in [-0.2, -0.15) is 4.98 Å². The summed E-state index contributed by atoms with van der Waals surface area (Å²) in [4.78, 5) is 15.3. The van der Waals surface area contributed by atoms with Gasteiger partial charge >= 0.3 is 5.97 Å². The van der Waals surface area contributed by atoms with Gasteiger partial charge in [0.15, 0.2) is 5.69 Å². The average Bonchev–Trinajstić information content (AvgIpc) is 2.70. The molecule has 0 amide bonds. The van der Waals surface area contributed by atoms with Crippen LogP contribution < -0.4 is 0 Å². The fourth-order valence-corrected chi connectivity index (χ4v) is 2.29. The van der Waals surface area contributed by atoms with E-state index in [1.54, 1.807) is 0 Å². The Kier molecular flexibility index (Phi) is 3.31. The Labute approximate surface area is 104 Å². The van der Waals surface area contributed by atoms with Crippen LogP contribution in [0.25, 0.3) is 0 Å². The molecular formula is C10H6BrNO3S. The Bertz CT molecular complexity index is 526. The number of carboxylic acid groups (broad SMARTS) is 1. The first-order valence-electron chi connectivity index (χ1n) is 4.28. The molecular weight excluding hydrogens is 294 g/mol. The van der Waals surface area contributed by atoms with Gasteiger partial charge in [-0.25, -0.2) is 4.79 Å². The van der Waals surface area contributed by atoms with E-state index in [1.807, 2.05) is 24.3 Å². The summed E-state index contributed by atoms with van der Waals surface area (Å²) in [6.07, 6.45) is 1.13. The van der Waals surface area contributed by atoms with Crippen LogP contribution in [0.2, 0.25) is 0 Å². The van der Waals surface area contributed by atoms with Gasteiger partial charge in [-0.05, 0) is 39.8 Å². The highest BCUT2D eigenvalue weighted by atomic mass is 79.9. The third kappa shape index (κ3) is 2.45. The van der Waals surface area contributed by atoms with E-state index in [0.29, 0.717) is 5.22 Å². The third-order valence-electron chi connectivity index (χ3n) is 1.74. The van der Waals surface area contributed by atoms with Gasteiger partial charge in [0, 0.05) is 9.37 Å². The van der Waals surface area contributed by atoms with Crippen LogP contribution in [-0.4, -0.2) is 16.1 Å². The average molecular weight is 300 g/mol. The fourth-order valence-electron chi connectivity index (χ4n) is 1.02. The predicted octanol–water partition coefficient (Wildman–Crippen LogP) is 3.29. The number of carboxylic acids is 1. The molecule has 0 radical (unpaired) electrons. The van der Waals surface area contributed by atoms with Crippen molar-refractivity contribution >= 4 is 33.7 Å². The van der Waals surface area contributed by atoms with Gasteiger partial charge < -0.3 is 9.52 Å². The Morgan fingerprint density at radius 3 is 2.81 bits per heavy atom. The number of hydrogen-bond donors (Lipinski definition) is 1. The predicted molar refractivity (Wildman–Crippen MR) is 61.7 cm³/mol. The summed E-state index contributed by atoms with van der Waals surface area (Å²) in [6, 6.07) is 7.56. The first kappa shape index (κ1) is 11.2. The van der Waals surface area contributed by atoms with Crippen molar-refractivity contribution in [1.82, 2.24) is 4.98 Å². The standard InChI is InChI=1S/C10H6BrNO3S/c11-6-3-1-2-4-8(6)16-10-12-7(5-15-10)9(13)14/h1-5H,(H,13,14). The second kappa shape index (κ2) is 4.71. The van der Waals surface area contributed by atoms with Crippen molar-refractivity contribution in [3.8, 4) is 0 Å². The number of nitrogens with zero attached hydrogens (tertiary/aromatic N) is 1. The molecule has 1 aromatic carbocycles. The summed E-state index contributed by atoms with van der Waals surface area (Å²) in [5.74, 6) is -1.09. The van der Waals surface area contributed by atoms with Crippen LogP contribution in [0.5, 0.6) is 0 Å². The van der Waals surface area contributed by atoms with E-state index in [-0.39, 0.29) is 5.69 Å². The highest BCUT2D eigenvalue weighted by Gasteiger charge is 2.12. The maximum absolute atomic E-state index is 10.6. The van der Waals surface area contributed by atoms with Gasteiger partial charge in [0.2, 0.25) is 0 Å². The lowest BCUT2D eigenvalue weighted by Gasteiger charge is -1.98. The molecule has 2 aromatic rings. The molecule has 0 fully saturated rings. The smallest absolute Gasteiger partial charge is 0.357 e. The topological polar surface area (TPSA) is 63.3 Å². The van der Waals surface area contributed by atoms with Crippen LogP contribution >= 0.6 is 27.7 Å². The molecule has 16 heavy (non-hydrogen) atoms. The molecule has 0 saturated carbocycles. The number of oxazole rings is 1. The normalized spacial score (nSPS) is 10.3. The van der Waals surface area contributed by atoms with E-state index in [9.17, 15) is 4.79 Å². The summed E-state index contributed by atoms with van der Waals surface area (Å²) >= 11 is 4.65. The Morgan fingerprint density at radius 1 is 1.44 bits per heavy atom. The molecule has 0 unspecified atom stereocenters. The number of benzene rings is 1. The summed E-state index contributed by atoms with van der Waals surface area (Å²) < 4.78 is 5.95. The minimum absolute atomic E-state index is 0.0884. The molecule has 82 valence electrons. The molecule has 6 heteroatoms. The summed E-state index contributed by atoms with van der Waals surface area (Å²) in [5.41, 5.74) is -0.0884. The molecule has 1 heterocycles. The highest BCUT2D eigenvalue weighted by molar-refractivity contribution is 9.10. The molecule has 0 saturated heterocycles. The van der Waals surface area contributed by atoms with Crippen molar-refractivity contribution in [2.45, 2.75) is 10.1 Å². The Balaban J connectivity index is 2.21. The van der Waals surface area contributed by atoms with Gasteiger partial charge in [0.05, 0.1) is 0 Å². The van der Waals surface area contributed by atoms with E-state index in [2.05, 4.69) is 20.9 Å². The zero-order valence-electron chi connectivity index (χ0n) is 7.88. The van der Waals surface area contributed by atoms with Crippen molar-refractivity contribution in [2.24, 2.45) is 0 Å². The molecule has 1 aromatic heterocycles. The molecule has 0 aliphatic heterocycles. The van der Waals surface area contributed by atoms with Gasteiger partial charge in [-0.1, -0.05) is 12.1 Å².